The number of amides is 1. The maximum atomic E-state index is 11.2. The lowest BCUT2D eigenvalue weighted by atomic mass is 9.98. The highest BCUT2D eigenvalue weighted by molar-refractivity contribution is 5.80. The molecule has 1 aromatic rings. The van der Waals surface area contributed by atoms with Gasteiger partial charge in [-0.15, -0.1) is 0 Å². The molecular weight excluding hydrogens is 178 g/mol. The maximum Gasteiger partial charge on any atom is 0.220 e. The third kappa shape index (κ3) is 1.60. The van der Waals surface area contributed by atoms with E-state index in [9.17, 15) is 4.79 Å². The van der Waals surface area contributed by atoms with Gasteiger partial charge in [0.1, 0.15) is 5.82 Å². The van der Waals surface area contributed by atoms with Gasteiger partial charge in [0.05, 0.1) is 0 Å². The minimum absolute atomic E-state index is 0.110. The van der Waals surface area contributed by atoms with Crippen molar-refractivity contribution in [2.45, 2.75) is 32.2 Å². The van der Waals surface area contributed by atoms with Crippen molar-refractivity contribution in [3.8, 4) is 0 Å². The molecule has 1 saturated heterocycles. The summed E-state index contributed by atoms with van der Waals surface area (Å²) >= 11 is 0. The van der Waals surface area contributed by atoms with Gasteiger partial charge in [0.25, 0.3) is 0 Å². The average molecular weight is 191 g/mol. The molecule has 1 N–H and O–H groups in total. The fourth-order valence-electron chi connectivity index (χ4n) is 1.83. The zero-order valence-electron chi connectivity index (χ0n) is 8.32. The van der Waals surface area contributed by atoms with E-state index in [4.69, 9.17) is 0 Å². The standard InChI is InChI=1S/C10H13N3O/c1-6-8(5-10(14)12-6)9-3-4-11-7(2)13-9/h3-4,6,8H,5H2,1-2H3,(H,12,14). The summed E-state index contributed by atoms with van der Waals surface area (Å²) in [5, 5.41) is 2.89. The fourth-order valence-corrected chi connectivity index (χ4v) is 1.83. The molecule has 0 bridgehead atoms. The van der Waals surface area contributed by atoms with E-state index in [1.165, 1.54) is 0 Å². The zero-order chi connectivity index (χ0) is 10.1. The molecule has 74 valence electrons. The average Bonchev–Trinajstić information content (AvgIpc) is 2.45. The number of aromatic nitrogens is 2. The molecular formula is C10H13N3O. The van der Waals surface area contributed by atoms with Crippen molar-refractivity contribution in [2.24, 2.45) is 0 Å². The lowest BCUT2D eigenvalue weighted by Gasteiger charge is -2.13. The van der Waals surface area contributed by atoms with Gasteiger partial charge in [-0.2, -0.15) is 0 Å². The van der Waals surface area contributed by atoms with Crippen molar-refractivity contribution in [1.82, 2.24) is 15.3 Å². The molecule has 4 heteroatoms. The van der Waals surface area contributed by atoms with Crippen LogP contribution in [0.25, 0.3) is 0 Å². The second kappa shape index (κ2) is 3.36. The van der Waals surface area contributed by atoms with Crippen LogP contribution < -0.4 is 5.32 Å². The predicted molar refractivity (Wildman–Crippen MR) is 51.7 cm³/mol. The normalized spacial score (nSPS) is 26.3. The summed E-state index contributed by atoms with van der Waals surface area (Å²) in [6, 6.07) is 2.06. The molecule has 1 fully saturated rings. The first-order chi connectivity index (χ1) is 6.66. The second-order valence-electron chi connectivity index (χ2n) is 3.70. The van der Waals surface area contributed by atoms with Crippen LogP contribution in [0.4, 0.5) is 0 Å². The lowest BCUT2D eigenvalue weighted by Crippen LogP contribution is -2.24. The van der Waals surface area contributed by atoms with Crippen molar-refractivity contribution in [1.29, 1.82) is 0 Å². The summed E-state index contributed by atoms with van der Waals surface area (Å²) in [5.41, 5.74) is 0.961. The minimum atomic E-state index is 0.110. The Kier molecular flexibility index (Phi) is 2.19. The SMILES string of the molecule is Cc1nccc(C2CC(=O)NC2C)n1. The Labute approximate surface area is 82.8 Å². The van der Waals surface area contributed by atoms with Crippen molar-refractivity contribution < 1.29 is 4.79 Å². The van der Waals surface area contributed by atoms with Crippen LogP contribution in [-0.4, -0.2) is 21.9 Å². The Hall–Kier alpha value is -1.45. The topological polar surface area (TPSA) is 54.9 Å². The van der Waals surface area contributed by atoms with Crippen LogP contribution in [0.5, 0.6) is 0 Å². The summed E-state index contributed by atoms with van der Waals surface area (Å²) in [6.07, 6.45) is 2.28. The Bertz CT molecular complexity index is 364. The van der Waals surface area contributed by atoms with E-state index >= 15 is 0 Å². The van der Waals surface area contributed by atoms with Crippen LogP contribution in [0.15, 0.2) is 12.3 Å². The molecule has 0 spiro atoms. The van der Waals surface area contributed by atoms with E-state index in [1.807, 2.05) is 19.9 Å². The van der Waals surface area contributed by atoms with Gasteiger partial charge in [-0.05, 0) is 19.9 Å². The van der Waals surface area contributed by atoms with Crippen LogP contribution in [-0.2, 0) is 4.79 Å². The quantitative estimate of drug-likeness (QED) is 0.713. The van der Waals surface area contributed by atoms with Crippen LogP contribution in [0.2, 0.25) is 0 Å². The van der Waals surface area contributed by atoms with Gasteiger partial charge in [0.2, 0.25) is 5.91 Å². The molecule has 1 aromatic heterocycles. The minimum Gasteiger partial charge on any atom is -0.353 e. The maximum absolute atomic E-state index is 11.2. The monoisotopic (exact) mass is 191 g/mol. The van der Waals surface area contributed by atoms with Gasteiger partial charge >= 0.3 is 0 Å². The van der Waals surface area contributed by atoms with Gasteiger partial charge in [0, 0.05) is 30.3 Å². The Morgan fingerprint density at radius 3 is 2.93 bits per heavy atom. The predicted octanol–water partition coefficient (Wildman–Crippen LogP) is 0.777. The molecule has 2 unspecified atom stereocenters. The summed E-state index contributed by atoms with van der Waals surface area (Å²) in [4.78, 5) is 19.5. The highest BCUT2D eigenvalue weighted by atomic mass is 16.1. The highest BCUT2D eigenvalue weighted by Gasteiger charge is 2.31. The van der Waals surface area contributed by atoms with E-state index in [0.29, 0.717) is 6.42 Å². The van der Waals surface area contributed by atoms with Crippen molar-refractivity contribution in [2.75, 3.05) is 0 Å². The summed E-state index contributed by atoms with van der Waals surface area (Å²) in [7, 11) is 0. The van der Waals surface area contributed by atoms with Gasteiger partial charge in [-0.3, -0.25) is 4.79 Å². The van der Waals surface area contributed by atoms with Gasteiger partial charge < -0.3 is 5.32 Å². The van der Waals surface area contributed by atoms with Crippen molar-refractivity contribution >= 4 is 5.91 Å². The summed E-state index contributed by atoms with van der Waals surface area (Å²) in [6.45, 7) is 3.87. The second-order valence-corrected chi connectivity index (χ2v) is 3.70. The number of nitrogens with zero attached hydrogens (tertiary/aromatic N) is 2. The molecule has 1 amide bonds. The van der Waals surface area contributed by atoms with Crippen molar-refractivity contribution in [3.05, 3.63) is 23.8 Å². The first kappa shape index (κ1) is 9.12. The molecule has 0 saturated carbocycles. The molecule has 0 aliphatic carbocycles. The fraction of sp³-hybridized carbons (Fsp3) is 0.500. The Balaban J connectivity index is 2.27. The molecule has 4 nitrogen and oxygen atoms in total. The van der Waals surface area contributed by atoms with Gasteiger partial charge in [0.15, 0.2) is 0 Å². The molecule has 1 aliphatic rings. The number of rotatable bonds is 1. The third-order valence-corrected chi connectivity index (χ3v) is 2.57. The largest absolute Gasteiger partial charge is 0.353 e. The molecule has 2 rings (SSSR count). The van der Waals surface area contributed by atoms with E-state index < -0.39 is 0 Å². The third-order valence-electron chi connectivity index (χ3n) is 2.57. The van der Waals surface area contributed by atoms with E-state index in [2.05, 4.69) is 15.3 Å². The van der Waals surface area contributed by atoms with Gasteiger partial charge in [-0.1, -0.05) is 0 Å². The number of nitrogens with one attached hydrogen (secondary N) is 1. The smallest absolute Gasteiger partial charge is 0.220 e. The van der Waals surface area contributed by atoms with Crippen LogP contribution in [0.3, 0.4) is 0 Å². The molecule has 1 aliphatic heterocycles. The molecule has 0 aromatic carbocycles. The first-order valence-corrected chi connectivity index (χ1v) is 4.75. The first-order valence-electron chi connectivity index (χ1n) is 4.75. The van der Waals surface area contributed by atoms with Crippen LogP contribution in [0, 0.1) is 6.92 Å². The van der Waals surface area contributed by atoms with E-state index in [0.717, 1.165) is 11.5 Å². The Morgan fingerprint density at radius 1 is 1.57 bits per heavy atom. The number of hydrogen-bond donors (Lipinski definition) is 1. The number of carbonyl (C=O) groups excluding carboxylic acids is 1. The number of carbonyl (C=O) groups is 1. The highest BCUT2D eigenvalue weighted by Crippen LogP contribution is 2.26. The van der Waals surface area contributed by atoms with E-state index in [-0.39, 0.29) is 17.9 Å². The molecule has 0 radical (unpaired) electrons. The van der Waals surface area contributed by atoms with Crippen LogP contribution in [0.1, 0.15) is 30.8 Å². The molecule has 2 heterocycles. The zero-order valence-corrected chi connectivity index (χ0v) is 8.32. The lowest BCUT2D eigenvalue weighted by molar-refractivity contribution is -0.119. The number of aryl methyl sites for hydroxylation is 1. The summed E-state index contributed by atoms with van der Waals surface area (Å²) < 4.78 is 0. The Morgan fingerprint density at radius 2 is 2.36 bits per heavy atom. The number of hydrogen-bond acceptors (Lipinski definition) is 3. The van der Waals surface area contributed by atoms with E-state index in [1.54, 1.807) is 6.20 Å². The summed E-state index contributed by atoms with van der Waals surface area (Å²) in [5.74, 6) is 1.07. The van der Waals surface area contributed by atoms with Crippen LogP contribution >= 0.6 is 0 Å². The molecule has 2 atom stereocenters. The van der Waals surface area contributed by atoms with Gasteiger partial charge in [-0.25, -0.2) is 9.97 Å². The van der Waals surface area contributed by atoms with Crippen molar-refractivity contribution in [3.63, 3.8) is 0 Å². The molecule has 14 heavy (non-hydrogen) atoms.